The van der Waals surface area contributed by atoms with Crippen LogP contribution in [0, 0.1) is 0 Å². The predicted molar refractivity (Wildman–Crippen MR) is 45.5 cm³/mol. The molecular weight excluding hydrogens is 160 g/mol. The van der Waals surface area contributed by atoms with Crippen LogP contribution in [0.15, 0.2) is 0 Å². The molecule has 1 nitrogen and oxygen atoms in total. The van der Waals surface area contributed by atoms with Gasteiger partial charge in [0, 0.05) is 18.0 Å². The van der Waals surface area contributed by atoms with Gasteiger partial charge in [0.15, 0.2) is 0 Å². The highest BCUT2D eigenvalue weighted by Gasteiger charge is 2.46. The van der Waals surface area contributed by atoms with Gasteiger partial charge in [-0.1, -0.05) is 0 Å². The third kappa shape index (κ3) is 1.94. The van der Waals surface area contributed by atoms with Crippen molar-refractivity contribution in [1.82, 2.24) is 4.90 Å². The van der Waals surface area contributed by atoms with Crippen LogP contribution in [0.2, 0.25) is 0 Å². The van der Waals surface area contributed by atoms with Gasteiger partial charge in [0.05, 0.1) is 6.54 Å². The normalized spacial score (nSPS) is 31.0. The Morgan fingerprint density at radius 2 is 1.83 bits per heavy atom. The Kier molecular flexibility index (Phi) is 2.19. The maximum Gasteiger partial charge on any atom is 0.262 e. The topological polar surface area (TPSA) is 3.24 Å². The summed E-state index contributed by atoms with van der Waals surface area (Å²) in [5, 5.41) is 0. The highest BCUT2D eigenvalue weighted by molar-refractivity contribution is 4.93. The Bertz CT molecular complexity index is 172. The summed E-state index contributed by atoms with van der Waals surface area (Å²) in [7, 11) is 0. The molecule has 1 fully saturated rings. The van der Waals surface area contributed by atoms with Crippen LogP contribution in [0.25, 0.3) is 0 Å². The monoisotopic (exact) mass is 177 g/mol. The van der Waals surface area contributed by atoms with Crippen molar-refractivity contribution in [1.29, 1.82) is 0 Å². The molecule has 1 saturated heterocycles. The third-order valence-corrected chi connectivity index (χ3v) is 2.39. The molecule has 0 spiro atoms. The molecule has 1 atom stereocenters. The van der Waals surface area contributed by atoms with E-state index in [4.69, 9.17) is 0 Å². The summed E-state index contributed by atoms with van der Waals surface area (Å²) in [6, 6.07) is -0.000000000000000444. The van der Waals surface area contributed by atoms with Crippen molar-refractivity contribution in [2.24, 2.45) is 0 Å². The van der Waals surface area contributed by atoms with Crippen LogP contribution in [-0.4, -0.2) is 28.9 Å². The molecule has 0 unspecified atom stereocenters. The molecule has 0 bridgehead atoms. The average molecular weight is 177 g/mol. The highest BCUT2D eigenvalue weighted by atomic mass is 19.3. The van der Waals surface area contributed by atoms with E-state index in [2.05, 4.69) is 0 Å². The summed E-state index contributed by atoms with van der Waals surface area (Å²) in [5.41, 5.74) is -0.140. The van der Waals surface area contributed by atoms with Gasteiger partial charge in [-0.15, -0.1) is 0 Å². The zero-order valence-electron chi connectivity index (χ0n) is 8.19. The SMILES string of the molecule is C[C@@H]1CC(F)(F)CN1C(C)(C)C. The van der Waals surface area contributed by atoms with Crippen LogP contribution in [-0.2, 0) is 0 Å². The maximum absolute atomic E-state index is 12.9. The Balaban J connectivity index is 2.71. The smallest absolute Gasteiger partial charge is 0.262 e. The lowest BCUT2D eigenvalue weighted by atomic mass is 10.1. The van der Waals surface area contributed by atoms with Crippen molar-refractivity contribution in [3.05, 3.63) is 0 Å². The van der Waals surface area contributed by atoms with E-state index >= 15 is 0 Å². The molecule has 1 aliphatic heterocycles. The number of halogens is 2. The van der Waals surface area contributed by atoms with E-state index in [1.54, 1.807) is 0 Å². The minimum atomic E-state index is -2.48. The molecule has 12 heavy (non-hydrogen) atoms. The fraction of sp³-hybridized carbons (Fsp3) is 1.00. The van der Waals surface area contributed by atoms with E-state index in [-0.39, 0.29) is 24.5 Å². The molecule has 1 rings (SSSR count). The largest absolute Gasteiger partial charge is 0.290 e. The van der Waals surface area contributed by atoms with Gasteiger partial charge in [0.25, 0.3) is 5.92 Å². The number of likely N-dealkylation sites (tertiary alicyclic amines) is 1. The van der Waals surface area contributed by atoms with Gasteiger partial charge in [-0.3, -0.25) is 4.90 Å². The summed E-state index contributed by atoms with van der Waals surface area (Å²) in [6.07, 6.45) is 0.00424. The summed E-state index contributed by atoms with van der Waals surface area (Å²) < 4.78 is 25.9. The predicted octanol–water partition coefficient (Wildman–Crippen LogP) is 2.51. The second-order valence-electron chi connectivity index (χ2n) is 4.71. The first kappa shape index (κ1) is 9.90. The minimum absolute atomic E-state index is 0.000000000000000444. The maximum atomic E-state index is 12.9. The van der Waals surface area contributed by atoms with Crippen molar-refractivity contribution in [3.63, 3.8) is 0 Å². The second kappa shape index (κ2) is 2.66. The number of hydrogen-bond acceptors (Lipinski definition) is 1. The molecule has 0 amide bonds. The van der Waals surface area contributed by atoms with Crippen molar-refractivity contribution in [2.45, 2.75) is 51.6 Å². The molecule has 1 heterocycles. The van der Waals surface area contributed by atoms with Crippen molar-refractivity contribution in [3.8, 4) is 0 Å². The van der Waals surface area contributed by atoms with E-state index in [9.17, 15) is 8.78 Å². The number of hydrogen-bond donors (Lipinski definition) is 0. The van der Waals surface area contributed by atoms with Crippen LogP contribution in [0.1, 0.15) is 34.1 Å². The van der Waals surface area contributed by atoms with Gasteiger partial charge in [-0.2, -0.15) is 0 Å². The Labute approximate surface area is 72.7 Å². The fourth-order valence-corrected chi connectivity index (χ4v) is 1.91. The van der Waals surface area contributed by atoms with Crippen molar-refractivity contribution < 1.29 is 8.78 Å². The summed E-state index contributed by atoms with van der Waals surface area (Å²) in [5.74, 6) is -2.48. The highest BCUT2D eigenvalue weighted by Crippen LogP contribution is 2.35. The van der Waals surface area contributed by atoms with Gasteiger partial charge < -0.3 is 0 Å². The fourth-order valence-electron chi connectivity index (χ4n) is 1.91. The second-order valence-corrected chi connectivity index (χ2v) is 4.71. The lowest BCUT2D eigenvalue weighted by Crippen LogP contribution is -2.44. The molecule has 0 N–H and O–H groups in total. The van der Waals surface area contributed by atoms with Crippen LogP contribution in [0.5, 0.6) is 0 Å². The van der Waals surface area contributed by atoms with Crippen molar-refractivity contribution >= 4 is 0 Å². The summed E-state index contributed by atoms with van der Waals surface area (Å²) in [4.78, 5) is 1.87. The van der Waals surface area contributed by atoms with E-state index in [1.165, 1.54) is 0 Å². The number of rotatable bonds is 0. The van der Waals surface area contributed by atoms with Gasteiger partial charge in [0.2, 0.25) is 0 Å². The van der Waals surface area contributed by atoms with E-state index in [1.807, 2.05) is 32.6 Å². The first-order chi connectivity index (χ1) is 5.22. The molecule has 0 aromatic carbocycles. The molecule has 0 aliphatic carbocycles. The zero-order chi connectivity index (χ0) is 9.57. The van der Waals surface area contributed by atoms with Gasteiger partial charge in [-0.25, -0.2) is 8.78 Å². The Morgan fingerprint density at radius 1 is 1.33 bits per heavy atom. The van der Waals surface area contributed by atoms with Gasteiger partial charge in [-0.05, 0) is 27.7 Å². The Hall–Kier alpha value is -0.180. The first-order valence-electron chi connectivity index (χ1n) is 4.37. The lowest BCUT2D eigenvalue weighted by Gasteiger charge is -2.34. The summed E-state index contributed by atoms with van der Waals surface area (Å²) in [6.45, 7) is 7.71. The number of alkyl halides is 2. The Morgan fingerprint density at radius 3 is 2.00 bits per heavy atom. The summed E-state index contributed by atoms with van der Waals surface area (Å²) >= 11 is 0. The minimum Gasteiger partial charge on any atom is -0.290 e. The van der Waals surface area contributed by atoms with Crippen LogP contribution < -0.4 is 0 Å². The molecule has 3 heteroatoms. The zero-order valence-corrected chi connectivity index (χ0v) is 8.19. The van der Waals surface area contributed by atoms with Gasteiger partial charge >= 0.3 is 0 Å². The molecule has 0 saturated carbocycles. The van der Waals surface area contributed by atoms with Crippen LogP contribution >= 0.6 is 0 Å². The van der Waals surface area contributed by atoms with E-state index < -0.39 is 5.92 Å². The molecule has 1 aliphatic rings. The van der Waals surface area contributed by atoms with Crippen molar-refractivity contribution in [2.75, 3.05) is 6.54 Å². The molecule has 0 radical (unpaired) electrons. The van der Waals surface area contributed by atoms with E-state index in [0.29, 0.717) is 0 Å². The standard InChI is InChI=1S/C9H17F2N/c1-7-5-9(10,11)6-12(7)8(2,3)4/h7H,5-6H2,1-4H3/t7-/m1/s1. The van der Waals surface area contributed by atoms with E-state index in [0.717, 1.165) is 0 Å². The molecule has 0 aromatic rings. The quantitative estimate of drug-likeness (QED) is 0.549. The van der Waals surface area contributed by atoms with Gasteiger partial charge in [0.1, 0.15) is 0 Å². The van der Waals surface area contributed by atoms with Crippen LogP contribution in [0.3, 0.4) is 0 Å². The molecule has 0 aromatic heterocycles. The number of nitrogens with zero attached hydrogens (tertiary/aromatic N) is 1. The average Bonchev–Trinajstić information content (AvgIpc) is 2.03. The first-order valence-corrected chi connectivity index (χ1v) is 4.37. The van der Waals surface area contributed by atoms with Crippen LogP contribution in [0.4, 0.5) is 8.78 Å². The third-order valence-electron chi connectivity index (χ3n) is 2.39. The lowest BCUT2D eigenvalue weighted by molar-refractivity contribution is 0.00144. The molecule has 72 valence electrons. The molecular formula is C9H17F2N.